The molecule has 0 fully saturated rings. The Hall–Kier alpha value is -0.310. The summed E-state index contributed by atoms with van der Waals surface area (Å²) in [5.74, 6) is 0. The molecule has 50 valence electrons. The second-order valence-electron chi connectivity index (χ2n) is 1.85. The van der Waals surface area contributed by atoms with Crippen molar-refractivity contribution in [1.29, 1.82) is 0 Å². The Morgan fingerprint density at radius 1 is 1.78 bits per heavy atom. The van der Waals surface area contributed by atoms with Crippen molar-refractivity contribution in [2.24, 2.45) is 0 Å². The number of imidazole rings is 1. The van der Waals surface area contributed by atoms with Gasteiger partial charge in [0.2, 0.25) is 0 Å². The smallest absolute Gasteiger partial charge is 0.0955 e. The molecule has 0 N–H and O–H groups in total. The van der Waals surface area contributed by atoms with Crippen LogP contribution < -0.4 is 0 Å². The van der Waals surface area contributed by atoms with Gasteiger partial charge in [-0.05, 0) is 6.42 Å². The van der Waals surface area contributed by atoms with Crippen molar-refractivity contribution in [2.75, 3.05) is 0 Å². The van der Waals surface area contributed by atoms with Crippen LogP contribution in [0, 0.1) is 0 Å². The Balaban J connectivity index is 2.65. The van der Waals surface area contributed by atoms with Gasteiger partial charge in [-0.3, -0.25) is 0 Å². The van der Waals surface area contributed by atoms with Crippen LogP contribution in [0.4, 0.5) is 0 Å². The second-order valence-corrected chi connectivity index (χ2v) is 2.91. The molecule has 0 aliphatic carbocycles. The minimum atomic E-state index is 0.403. The first-order chi connectivity index (χ1) is 4.34. The van der Waals surface area contributed by atoms with E-state index < -0.39 is 0 Å². The minimum absolute atomic E-state index is 0.403. The molecule has 0 amide bonds. The molecule has 0 saturated carbocycles. The van der Waals surface area contributed by atoms with Gasteiger partial charge in [0, 0.05) is 12.4 Å². The van der Waals surface area contributed by atoms with Crippen molar-refractivity contribution >= 4 is 15.9 Å². The van der Waals surface area contributed by atoms with Crippen LogP contribution in [0.5, 0.6) is 0 Å². The highest BCUT2D eigenvalue weighted by Gasteiger charge is 1.99. The van der Waals surface area contributed by atoms with Crippen molar-refractivity contribution in [1.82, 2.24) is 9.55 Å². The first kappa shape index (κ1) is 6.81. The van der Waals surface area contributed by atoms with Crippen LogP contribution in [0.15, 0.2) is 18.7 Å². The molecular weight excluding hydrogens is 180 g/mol. The van der Waals surface area contributed by atoms with Gasteiger partial charge in [0.1, 0.15) is 0 Å². The average molecular weight is 189 g/mol. The molecule has 0 radical (unpaired) electrons. The molecule has 1 heterocycles. The Morgan fingerprint density at radius 2 is 2.56 bits per heavy atom. The number of nitrogens with zero attached hydrogens (tertiary/aromatic N) is 2. The van der Waals surface area contributed by atoms with Crippen LogP contribution in [0.3, 0.4) is 0 Å². The highest BCUT2D eigenvalue weighted by atomic mass is 79.9. The summed E-state index contributed by atoms with van der Waals surface area (Å²) in [6.07, 6.45) is 6.62. The van der Waals surface area contributed by atoms with E-state index in [1.165, 1.54) is 0 Å². The number of hydrogen-bond donors (Lipinski definition) is 0. The third kappa shape index (κ3) is 1.55. The van der Waals surface area contributed by atoms with Gasteiger partial charge in [0.15, 0.2) is 0 Å². The predicted molar refractivity (Wildman–Crippen MR) is 40.5 cm³/mol. The van der Waals surface area contributed by atoms with E-state index in [2.05, 4.69) is 27.8 Å². The number of alkyl halides is 1. The quantitative estimate of drug-likeness (QED) is 0.652. The number of aromatic nitrogens is 2. The van der Waals surface area contributed by atoms with Crippen LogP contribution in [-0.4, -0.2) is 9.55 Å². The molecule has 0 aliphatic rings. The molecule has 1 aromatic rings. The third-order valence-electron chi connectivity index (χ3n) is 1.19. The van der Waals surface area contributed by atoms with E-state index in [1.807, 2.05) is 17.1 Å². The monoisotopic (exact) mass is 188 g/mol. The Bertz CT molecular complexity index is 160. The topological polar surface area (TPSA) is 17.8 Å². The van der Waals surface area contributed by atoms with Crippen molar-refractivity contribution < 1.29 is 0 Å². The van der Waals surface area contributed by atoms with Gasteiger partial charge >= 0.3 is 0 Å². The van der Waals surface area contributed by atoms with Crippen LogP contribution in [-0.2, 0) is 0 Å². The summed E-state index contributed by atoms with van der Waals surface area (Å²) in [6.45, 7) is 2.12. The van der Waals surface area contributed by atoms with E-state index in [9.17, 15) is 0 Å². The Labute approximate surface area is 63.0 Å². The van der Waals surface area contributed by atoms with Crippen LogP contribution in [0.1, 0.15) is 18.3 Å². The van der Waals surface area contributed by atoms with E-state index in [0.29, 0.717) is 4.95 Å². The lowest BCUT2D eigenvalue weighted by molar-refractivity contribution is 0.670. The number of halogens is 1. The molecule has 1 rings (SSSR count). The van der Waals surface area contributed by atoms with Gasteiger partial charge in [-0.1, -0.05) is 22.9 Å². The summed E-state index contributed by atoms with van der Waals surface area (Å²) in [5.41, 5.74) is 0. The highest BCUT2D eigenvalue weighted by molar-refractivity contribution is 9.09. The summed E-state index contributed by atoms with van der Waals surface area (Å²) in [6, 6.07) is 0. The lowest BCUT2D eigenvalue weighted by Crippen LogP contribution is -1.95. The van der Waals surface area contributed by atoms with Gasteiger partial charge in [-0.2, -0.15) is 0 Å². The molecule has 0 aliphatic heterocycles. The molecular formula is C6H9BrN2. The van der Waals surface area contributed by atoms with E-state index in [1.54, 1.807) is 6.20 Å². The molecule has 0 spiro atoms. The zero-order valence-corrected chi connectivity index (χ0v) is 6.87. The molecule has 0 saturated heterocycles. The van der Waals surface area contributed by atoms with Crippen molar-refractivity contribution in [2.45, 2.75) is 18.3 Å². The van der Waals surface area contributed by atoms with Crippen LogP contribution >= 0.6 is 15.9 Å². The highest BCUT2D eigenvalue weighted by Crippen LogP contribution is 2.16. The van der Waals surface area contributed by atoms with Crippen LogP contribution in [0.25, 0.3) is 0 Å². The molecule has 9 heavy (non-hydrogen) atoms. The van der Waals surface area contributed by atoms with E-state index in [4.69, 9.17) is 0 Å². The van der Waals surface area contributed by atoms with Gasteiger partial charge in [0.25, 0.3) is 0 Å². The summed E-state index contributed by atoms with van der Waals surface area (Å²) in [5, 5.41) is 0. The van der Waals surface area contributed by atoms with Gasteiger partial charge in [-0.15, -0.1) is 0 Å². The van der Waals surface area contributed by atoms with E-state index >= 15 is 0 Å². The maximum atomic E-state index is 3.92. The zero-order chi connectivity index (χ0) is 6.69. The number of rotatable bonds is 2. The summed E-state index contributed by atoms with van der Waals surface area (Å²) in [7, 11) is 0. The molecule has 1 atom stereocenters. The molecule has 1 unspecified atom stereocenters. The number of hydrogen-bond acceptors (Lipinski definition) is 1. The summed E-state index contributed by atoms with van der Waals surface area (Å²) < 4.78 is 2.03. The first-order valence-corrected chi connectivity index (χ1v) is 3.87. The lowest BCUT2D eigenvalue weighted by atomic mass is 10.5. The average Bonchev–Trinajstić information content (AvgIpc) is 2.37. The van der Waals surface area contributed by atoms with Gasteiger partial charge < -0.3 is 4.57 Å². The molecule has 2 nitrogen and oxygen atoms in total. The minimum Gasteiger partial charge on any atom is -0.324 e. The SMILES string of the molecule is CCC(Br)n1ccnc1. The normalized spacial score (nSPS) is 13.6. The van der Waals surface area contributed by atoms with Crippen molar-refractivity contribution in [3.63, 3.8) is 0 Å². The van der Waals surface area contributed by atoms with Crippen molar-refractivity contribution in [3.8, 4) is 0 Å². The lowest BCUT2D eigenvalue weighted by Gasteiger charge is -2.05. The van der Waals surface area contributed by atoms with Crippen LogP contribution in [0.2, 0.25) is 0 Å². The fourth-order valence-corrected chi connectivity index (χ4v) is 0.888. The fourth-order valence-electron chi connectivity index (χ4n) is 0.646. The summed E-state index contributed by atoms with van der Waals surface area (Å²) >= 11 is 3.49. The zero-order valence-electron chi connectivity index (χ0n) is 5.29. The van der Waals surface area contributed by atoms with Crippen molar-refractivity contribution in [3.05, 3.63) is 18.7 Å². The van der Waals surface area contributed by atoms with E-state index in [-0.39, 0.29) is 0 Å². The standard InChI is InChI=1S/C6H9BrN2/c1-2-6(7)9-4-3-8-5-9/h3-6H,2H2,1H3. The fraction of sp³-hybridized carbons (Fsp3) is 0.500. The first-order valence-electron chi connectivity index (χ1n) is 2.96. The van der Waals surface area contributed by atoms with E-state index in [0.717, 1.165) is 6.42 Å². The van der Waals surface area contributed by atoms with Gasteiger partial charge in [0.05, 0.1) is 11.3 Å². The molecule has 0 aromatic carbocycles. The van der Waals surface area contributed by atoms with Gasteiger partial charge in [-0.25, -0.2) is 4.98 Å². The maximum absolute atomic E-state index is 3.92. The Morgan fingerprint density at radius 3 is 3.00 bits per heavy atom. The second kappa shape index (κ2) is 3.01. The molecule has 1 aromatic heterocycles. The summed E-state index contributed by atoms with van der Waals surface area (Å²) in [4.78, 5) is 4.33. The molecule has 3 heteroatoms. The Kier molecular flexibility index (Phi) is 2.28. The molecule has 0 bridgehead atoms. The largest absolute Gasteiger partial charge is 0.324 e. The third-order valence-corrected chi connectivity index (χ3v) is 2.31. The maximum Gasteiger partial charge on any atom is 0.0955 e. The predicted octanol–water partition coefficient (Wildman–Crippen LogP) is 2.19.